The van der Waals surface area contributed by atoms with Gasteiger partial charge >= 0.3 is 0 Å². The van der Waals surface area contributed by atoms with Crippen LogP contribution in [0.15, 0.2) is 18.2 Å². The van der Waals surface area contributed by atoms with E-state index in [0.717, 1.165) is 25.3 Å². The number of rotatable bonds is 3. The number of hydrogen-bond donors (Lipinski definition) is 2. The molecule has 1 aromatic rings. The van der Waals surface area contributed by atoms with Crippen molar-refractivity contribution in [3.63, 3.8) is 0 Å². The number of aliphatic hydroxyl groups excluding tert-OH is 1. The summed E-state index contributed by atoms with van der Waals surface area (Å²) in [5.41, 5.74) is 6.58. The third-order valence-corrected chi connectivity index (χ3v) is 2.64. The molecule has 88 valence electrons. The Kier molecular flexibility index (Phi) is 3.71. The van der Waals surface area contributed by atoms with Crippen LogP contribution in [0.4, 0.5) is 5.82 Å². The molecule has 3 N–H and O–H groups in total. The Bertz CT molecular complexity index is 346. The Labute approximate surface area is 94.8 Å². The predicted molar refractivity (Wildman–Crippen MR) is 60.8 cm³/mol. The number of ether oxygens (including phenoxy) is 1. The van der Waals surface area contributed by atoms with Crippen molar-refractivity contribution in [1.29, 1.82) is 0 Å². The van der Waals surface area contributed by atoms with E-state index in [1.54, 1.807) is 6.07 Å². The Morgan fingerprint density at radius 2 is 2.44 bits per heavy atom. The van der Waals surface area contributed by atoms with Gasteiger partial charge in [0.15, 0.2) is 0 Å². The molecule has 1 atom stereocenters. The molecule has 5 heteroatoms. The normalized spacial score (nSPS) is 22.2. The van der Waals surface area contributed by atoms with Gasteiger partial charge in [-0.2, -0.15) is 0 Å². The standard InChI is InChI=1S/C11H17N3O2/c12-11-3-1-2-9(13-11)6-14-4-5-16-10(7-14)8-15/h1-3,10,15H,4-8H2,(H2,12,13). The molecule has 0 aromatic carbocycles. The second kappa shape index (κ2) is 5.25. The molecule has 0 amide bonds. The van der Waals surface area contributed by atoms with E-state index in [1.165, 1.54) is 0 Å². The maximum atomic E-state index is 9.03. The summed E-state index contributed by atoms with van der Waals surface area (Å²) in [6.07, 6.45) is -0.0743. The van der Waals surface area contributed by atoms with Gasteiger partial charge in [0.1, 0.15) is 5.82 Å². The lowest BCUT2D eigenvalue weighted by atomic mass is 10.2. The van der Waals surface area contributed by atoms with Crippen LogP contribution in [0.1, 0.15) is 5.69 Å². The van der Waals surface area contributed by atoms with E-state index >= 15 is 0 Å². The SMILES string of the molecule is Nc1cccc(CN2CCOC(CO)C2)n1. The molecule has 1 aliphatic rings. The molecule has 5 nitrogen and oxygen atoms in total. The van der Waals surface area contributed by atoms with E-state index in [-0.39, 0.29) is 12.7 Å². The number of anilines is 1. The Hall–Kier alpha value is -1.17. The highest BCUT2D eigenvalue weighted by molar-refractivity contribution is 5.28. The van der Waals surface area contributed by atoms with Gasteiger partial charge in [0.25, 0.3) is 0 Å². The number of aromatic nitrogens is 1. The van der Waals surface area contributed by atoms with Crippen molar-refractivity contribution in [3.8, 4) is 0 Å². The maximum absolute atomic E-state index is 9.03. The molecule has 0 aliphatic carbocycles. The molecule has 1 aromatic heterocycles. The van der Waals surface area contributed by atoms with Crippen LogP contribution in [-0.4, -0.2) is 47.4 Å². The molecule has 1 fully saturated rings. The van der Waals surface area contributed by atoms with Crippen molar-refractivity contribution in [3.05, 3.63) is 23.9 Å². The summed E-state index contributed by atoms with van der Waals surface area (Å²) in [6.45, 7) is 3.10. The number of pyridine rings is 1. The molecule has 0 saturated carbocycles. The van der Waals surface area contributed by atoms with Gasteiger partial charge in [-0.1, -0.05) is 6.07 Å². The van der Waals surface area contributed by atoms with E-state index in [0.29, 0.717) is 12.4 Å². The van der Waals surface area contributed by atoms with Crippen molar-refractivity contribution >= 4 is 5.82 Å². The molecule has 2 rings (SSSR count). The molecular formula is C11H17N3O2. The summed E-state index contributed by atoms with van der Waals surface area (Å²) in [7, 11) is 0. The fourth-order valence-corrected chi connectivity index (χ4v) is 1.85. The lowest BCUT2D eigenvalue weighted by Gasteiger charge is -2.31. The fraction of sp³-hybridized carbons (Fsp3) is 0.545. The van der Waals surface area contributed by atoms with Gasteiger partial charge in [0, 0.05) is 19.6 Å². The van der Waals surface area contributed by atoms with Crippen molar-refractivity contribution in [2.75, 3.05) is 32.0 Å². The monoisotopic (exact) mass is 223 g/mol. The molecule has 16 heavy (non-hydrogen) atoms. The van der Waals surface area contributed by atoms with Crippen LogP contribution in [0.3, 0.4) is 0 Å². The van der Waals surface area contributed by atoms with E-state index in [1.807, 2.05) is 12.1 Å². The first kappa shape index (κ1) is 11.3. The number of nitrogen functional groups attached to an aromatic ring is 1. The quantitative estimate of drug-likeness (QED) is 0.746. The number of morpholine rings is 1. The Balaban J connectivity index is 1.94. The number of nitrogens with two attached hydrogens (primary N) is 1. The zero-order valence-electron chi connectivity index (χ0n) is 9.17. The summed E-state index contributed by atoms with van der Waals surface area (Å²) in [6, 6.07) is 5.64. The van der Waals surface area contributed by atoms with Crippen LogP contribution in [-0.2, 0) is 11.3 Å². The maximum Gasteiger partial charge on any atom is 0.123 e. The summed E-state index contributed by atoms with van der Waals surface area (Å²) < 4.78 is 5.38. The minimum atomic E-state index is -0.0743. The molecule has 1 aliphatic heterocycles. The summed E-state index contributed by atoms with van der Waals surface area (Å²) in [4.78, 5) is 6.47. The molecule has 0 radical (unpaired) electrons. The van der Waals surface area contributed by atoms with Gasteiger partial charge in [-0.3, -0.25) is 4.90 Å². The topological polar surface area (TPSA) is 71.6 Å². The highest BCUT2D eigenvalue weighted by Gasteiger charge is 2.19. The van der Waals surface area contributed by atoms with Crippen LogP contribution >= 0.6 is 0 Å². The van der Waals surface area contributed by atoms with Gasteiger partial charge in [0.2, 0.25) is 0 Å². The highest BCUT2D eigenvalue weighted by Crippen LogP contribution is 2.09. The first-order valence-electron chi connectivity index (χ1n) is 5.44. The van der Waals surface area contributed by atoms with E-state index < -0.39 is 0 Å². The zero-order valence-corrected chi connectivity index (χ0v) is 9.17. The summed E-state index contributed by atoms with van der Waals surface area (Å²) in [5.74, 6) is 0.546. The van der Waals surface area contributed by atoms with E-state index in [4.69, 9.17) is 15.6 Å². The minimum Gasteiger partial charge on any atom is -0.394 e. The number of aliphatic hydroxyl groups is 1. The molecular weight excluding hydrogens is 206 g/mol. The lowest BCUT2D eigenvalue weighted by molar-refractivity contribution is -0.0553. The van der Waals surface area contributed by atoms with Crippen molar-refractivity contribution in [1.82, 2.24) is 9.88 Å². The molecule has 2 heterocycles. The Morgan fingerprint density at radius 1 is 1.56 bits per heavy atom. The van der Waals surface area contributed by atoms with E-state index in [9.17, 15) is 0 Å². The number of hydrogen-bond acceptors (Lipinski definition) is 5. The predicted octanol–water partition coefficient (Wildman–Crippen LogP) is -0.143. The molecule has 0 bridgehead atoms. The van der Waals surface area contributed by atoms with Crippen LogP contribution in [0.5, 0.6) is 0 Å². The van der Waals surface area contributed by atoms with Crippen LogP contribution in [0.25, 0.3) is 0 Å². The first-order valence-corrected chi connectivity index (χ1v) is 5.44. The third-order valence-electron chi connectivity index (χ3n) is 2.64. The van der Waals surface area contributed by atoms with Crippen LogP contribution in [0, 0.1) is 0 Å². The highest BCUT2D eigenvalue weighted by atomic mass is 16.5. The average molecular weight is 223 g/mol. The van der Waals surface area contributed by atoms with Gasteiger partial charge in [0.05, 0.1) is 25.0 Å². The largest absolute Gasteiger partial charge is 0.394 e. The van der Waals surface area contributed by atoms with Crippen LogP contribution < -0.4 is 5.73 Å². The molecule has 0 spiro atoms. The van der Waals surface area contributed by atoms with Crippen LogP contribution in [0.2, 0.25) is 0 Å². The first-order chi connectivity index (χ1) is 7.78. The second-order valence-electron chi connectivity index (χ2n) is 3.96. The Morgan fingerprint density at radius 3 is 3.19 bits per heavy atom. The third kappa shape index (κ3) is 2.91. The van der Waals surface area contributed by atoms with Gasteiger partial charge in [-0.15, -0.1) is 0 Å². The van der Waals surface area contributed by atoms with E-state index in [2.05, 4.69) is 9.88 Å². The average Bonchev–Trinajstić information content (AvgIpc) is 2.29. The number of nitrogens with zero attached hydrogens (tertiary/aromatic N) is 2. The van der Waals surface area contributed by atoms with Crippen molar-refractivity contribution in [2.45, 2.75) is 12.6 Å². The fourth-order valence-electron chi connectivity index (χ4n) is 1.85. The van der Waals surface area contributed by atoms with Gasteiger partial charge < -0.3 is 15.6 Å². The summed E-state index contributed by atoms with van der Waals surface area (Å²) in [5, 5.41) is 9.03. The van der Waals surface area contributed by atoms with Crippen molar-refractivity contribution < 1.29 is 9.84 Å². The van der Waals surface area contributed by atoms with Gasteiger partial charge in [-0.05, 0) is 12.1 Å². The second-order valence-corrected chi connectivity index (χ2v) is 3.96. The summed E-state index contributed by atoms with van der Waals surface area (Å²) >= 11 is 0. The molecule has 1 saturated heterocycles. The lowest BCUT2D eigenvalue weighted by Crippen LogP contribution is -2.43. The molecule has 1 unspecified atom stereocenters. The smallest absolute Gasteiger partial charge is 0.123 e. The minimum absolute atomic E-state index is 0.0703. The van der Waals surface area contributed by atoms with Crippen molar-refractivity contribution in [2.24, 2.45) is 0 Å². The zero-order chi connectivity index (χ0) is 11.4. The van der Waals surface area contributed by atoms with Gasteiger partial charge in [-0.25, -0.2) is 4.98 Å².